The summed E-state index contributed by atoms with van der Waals surface area (Å²) in [7, 11) is 2.24. The van der Waals surface area contributed by atoms with E-state index in [0.29, 0.717) is 17.9 Å². The number of likely N-dealkylation sites (tertiary alicyclic amines) is 2. The molecule has 0 aliphatic carbocycles. The first-order valence-electron chi connectivity index (χ1n) is 13.2. The lowest BCUT2D eigenvalue weighted by atomic mass is 9.77. The number of carboxylic acid groups (broad SMARTS) is 3. The number of pyridine rings is 2. The highest BCUT2D eigenvalue weighted by Crippen LogP contribution is 2.44. The third-order valence-electron chi connectivity index (χ3n) is 6.64. The Morgan fingerprint density at radius 1 is 0.830 bits per heavy atom. The average Bonchev–Trinajstić information content (AvgIpc) is 3.50. The summed E-state index contributed by atoms with van der Waals surface area (Å²) in [6.07, 6.45) is -6.51. The van der Waals surface area contributed by atoms with Gasteiger partial charge in [0.2, 0.25) is 0 Å². The number of carboxylic acids is 3. The Kier molecular flexibility index (Phi) is 15.5. The van der Waals surface area contributed by atoms with Gasteiger partial charge in [-0.15, -0.1) is 0 Å². The molecule has 3 N–H and O–H groups in total. The smallest absolute Gasteiger partial charge is 0.475 e. The number of rotatable bonds is 6. The first-order chi connectivity index (χ1) is 21.6. The molecule has 47 heavy (non-hydrogen) atoms. The Morgan fingerprint density at radius 3 is 1.79 bits per heavy atom. The second-order valence-corrected chi connectivity index (χ2v) is 10.4. The van der Waals surface area contributed by atoms with Crippen molar-refractivity contribution < 1.29 is 74.0 Å². The van der Waals surface area contributed by atoms with Crippen molar-refractivity contribution in [3.63, 3.8) is 0 Å². The number of nitrogens with zero attached hydrogens (tertiary/aromatic N) is 4. The normalized spacial score (nSPS) is 19.8. The van der Waals surface area contributed by atoms with Gasteiger partial charge in [-0.25, -0.2) is 14.4 Å². The van der Waals surface area contributed by atoms with Crippen LogP contribution >= 0.6 is 0 Å². The molecule has 2 aliphatic rings. The number of ether oxygens (including phenoxy) is 1. The van der Waals surface area contributed by atoms with Gasteiger partial charge in [-0.1, -0.05) is 6.07 Å². The zero-order valence-corrected chi connectivity index (χ0v) is 24.5. The number of carbonyl (C=O) groups is 3. The number of hydrogen-bond donors (Lipinski definition) is 3. The third-order valence-corrected chi connectivity index (χ3v) is 6.64. The minimum Gasteiger partial charge on any atom is -0.475 e. The highest BCUT2D eigenvalue weighted by Gasteiger charge is 2.49. The number of halogens is 9. The number of hydrogen-bond acceptors (Lipinski definition) is 8. The van der Waals surface area contributed by atoms with E-state index >= 15 is 0 Å². The van der Waals surface area contributed by atoms with Crippen molar-refractivity contribution in [3.05, 3.63) is 60.2 Å². The minimum atomic E-state index is -5.08. The van der Waals surface area contributed by atoms with Crippen molar-refractivity contribution in [2.75, 3.05) is 39.8 Å². The van der Waals surface area contributed by atoms with Crippen LogP contribution in [0.25, 0.3) is 0 Å². The molecular weight excluding hydrogens is 663 g/mol. The van der Waals surface area contributed by atoms with Gasteiger partial charge >= 0.3 is 36.4 Å². The average molecular weight is 695 g/mol. The predicted molar refractivity (Wildman–Crippen MR) is 143 cm³/mol. The van der Waals surface area contributed by atoms with Crippen molar-refractivity contribution in [3.8, 4) is 0 Å². The Balaban J connectivity index is 0.000000430. The van der Waals surface area contributed by atoms with Gasteiger partial charge in [0.05, 0.1) is 13.2 Å². The molecule has 0 saturated carbocycles. The van der Waals surface area contributed by atoms with E-state index in [1.807, 2.05) is 24.7 Å². The van der Waals surface area contributed by atoms with Crippen molar-refractivity contribution >= 4 is 17.9 Å². The summed E-state index contributed by atoms with van der Waals surface area (Å²) in [5, 5.41) is 21.4. The molecule has 1 spiro atoms. The van der Waals surface area contributed by atoms with Crippen LogP contribution in [0.3, 0.4) is 0 Å². The third kappa shape index (κ3) is 15.4. The Labute approximate surface area is 261 Å². The topological polar surface area (TPSA) is 153 Å². The number of alkyl halides is 9. The maximum atomic E-state index is 10.6. The van der Waals surface area contributed by atoms with E-state index in [4.69, 9.17) is 34.4 Å². The lowest BCUT2D eigenvalue weighted by molar-refractivity contribution is -0.193. The second-order valence-electron chi connectivity index (χ2n) is 10.4. The summed E-state index contributed by atoms with van der Waals surface area (Å²) in [5.74, 6) is -7.67. The highest BCUT2D eigenvalue weighted by atomic mass is 19.4. The Morgan fingerprint density at radius 2 is 1.34 bits per heavy atom. The van der Waals surface area contributed by atoms with Gasteiger partial charge < -0.3 is 25.0 Å². The SMILES string of the molecule is CN1C[C@@H](COCc2cccnc2)[C@]2(CCN(Cc3ccncc3)C2)C1.O=C(O)C(F)(F)F.O=C(O)C(F)(F)F.O=C(O)C(F)(F)F. The first-order valence-corrected chi connectivity index (χ1v) is 13.2. The van der Waals surface area contributed by atoms with Crippen LogP contribution < -0.4 is 0 Å². The van der Waals surface area contributed by atoms with Crippen LogP contribution in [0, 0.1) is 11.3 Å². The summed E-state index contributed by atoms with van der Waals surface area (Å²) in [6, 6.07) is 8.30. The maximum absolute atomic E-state index is 10.6. The molecule has 0 radical (unpaired) electrons. The van der Waals surface area contributed by atoms with E-state index in [9.17, 15) is 39.5 Å². The van der Waals surface area contributed by atoms with E-state index in [0.717, 1.165) is 25.3 Å². The molecule has 2 saturated heterocycles. The standard InChI is InChI=1S/C21H28N4O.3C2HF3O2/c1-24-13-20(15-26-14-19-3-2-7-23-11-19)21(16-24)6-10-25(17-21)12-18-4-8-22-9-5-18;3*3-2(4,5)1(6)7/h2-5,7-9,11,20H,6,10,12-17H2,1H3;3*(H,6,7)/t20-,21+;;;/m0.../s1. The van der Waals surface area contributed by atoms with Gasteiger partial charge in [-0.05, 0) is 49.3 Å². The van der Waals surface area contributed by atoms with E-state index in [2.05, 4.69) is 45.0 Å². The lowest BCUT2D eigenvalue weighted by Crippen LogP contribution is -2.36. The zero-order chi connectivity index (χ0) is 36.1. The van der Waals surface area contributed by atoms with Crippen molar-refractivity contribution in [2.24, 2.45) is 11.3 Å². The molecule has 2 fully saturated rings. The monoisotopic (exact) mass is 694 g/mol. The van der Waals surface area contributed by atoms with E-state index in [1.54, 1.807) is 6.20 Å². The number of aromatic nitrogens is 2. The van der Waals surface area contributed by atoms with Gasteiger partial charge in [0.15, 0.2) is 0 Å². The molecule has 11 nitrogen and oxygen atoms in total. The molecule has 4 rings (SSSR count). The van der Waals surface area contributed by atoms with Crippen LogP contribution in [-0.2, 0) is 32.3 Å². The Hall–Kier alpha value is -4.04. The van der Waals surface area contributed by atoms with Gasteiger partial charge in [-0.2, -0.15) is 39.5 Å². The Bertz CT molecular complexity index is 1210. The molecule has 0 bridgehead atoms. The fourth-order valence-electron chi connectivity index (χ4n) is 4.66. The van der Waals surface area contributed by atoms with E-state index < -0.39 is 36.4 Å². The maximum Gasteiger partial charge on any atom is 0.490 e. The summed E-state index contributed by atoms with van der Waals surface area (Å²) >= 11 is 0. The van der Waals surface area contributed by atoms with Crippen LogP contribution in [0.5, 0.6) is 0 Å². The van der Waals surface area contributed by atoms with Crippen molar-refractivity contribution in [1.29, 1.82) is 0 Å². The van der Waals surface area contributed by atoms with Gasteiger partial charge in [0, 0.05) is 62.3 Å². The molecule has 2 atom stereocenters. The molecule has 2 aromatic heterocycles. The summed E-state index contributed by atoms with van der Waals surface area (Å²) in [5.41, 5.74) is 2.88. The second kappa shape index (κ2) is 17.8. The van der Waals surface area contributed by atoms with Gasteiger partial charge in [0.25, 0.3) is 0 Å². The molecule has 264 valence electrons. The van der Waals surface area contributed by atoms with Crippen molar-refractivity contribution in [2.45, 2.75) is 38.1 Å². The van der Waals surface area contributed by atoms with Gasteiger partial charge in [0.1, 0.15) is 0 Å². The minimum absolute atomic E-state index is 0.372. The fraction of sp³-hybridized carbons (Fsp3) is 0.519. The van der Waals surface area contributed by atoms with Crippen molar-refractivity contribution in [1.82, 2.24) is 19.8 Å². The molecule has 4 heterocycles. The molecule has 20 heteroatoms. The van der Waals surface area contributed by atoms with Crippen LogP contribution in [0.4, 0.5) is 39.5 Å². The molecule has 0 amide bonds. The van der Waals surface area contributed by atoms with Crippen LogP contribution in [-0.4, -0.2) is 111 Å². The summed E-state index contributed by atoms with van der Waals surface area (Å²) in [6.45, 7) is 7.18. The first kappa shape index (κ1) is 41.0. The molecule has 0 unspecified atom stereocenters. The summed E-state index contributed by atoms with van der Waals surface area (Å²) < 4.78 is 101. The lowest BCUT2D eigenvalue weighted by Gasteiger charge is -2.30. The van der Waals surface area contributed by atoms with E-state index in [1.165, 1.54) is 31.6 Å². The van der Waals surface area contributed by atoms with Crippen LogP contribution in [0.1, 0.15) is 17.5 Å². The van der Waals surface area contributed by atoms with Crippen LogP contribution in [0.2, 0.25) is 0 Å². The quantitative estimate of drug-likeness (QED) is 0.370. The van der Waals surface area contributed by atoms with Crippen LogP contribution in [0.15, 0.2) is 49.1 Å². The summed E-state index contributed by atoms with van der Waals surface area (Å²) in [4.78, 5) is 40.1. The molecule has 2 aromatic rings. The molecule has 0 aromatic carbocycles. The highest BCUT2D eigenvalue weighted by molar-refractivity contribution is 5.73. The molecule has 2 aliphatic heterocycles. The largest absolute Gasteiger partial charge is 0.490 e. The number of aliphatic carboxylic acids is 3. The zero-order valence-electron chi connectivity index (χ0n) is 24.5. The van der Waals surface area contributed by atoms with E-state index in [-0.39, 0.29) is 0 Å². The van der Waals surface area contributed by atoms with Gasteiger partial charge in [-0.3, -0.25) is 14.9 Å². The fourth-order valence-corrected chi connectivity index (χ4v) is 4.66. The molecular formula is C27H31F9N4O7. The predicted octanol–water partition coefficient (Wildman–Crippen LogP) is 4.35.